The molecule has 0 aliphatic rings. The highest BCUT2D eigenvalue weighted by Gasteiger charge is 2.12. The molecule has 0 aromatic heterocycles. The predicted molar refractivity (Wildman–Crippen MR) is 127 cm³/mol. The normalized spacial score (nSPS) is 11.6. The van der Waals surface area contributed by atoms with Crippen molar-refractivity contribution in [3.63, 3.8) is 0 Å². The fourth-order valence-corrected chi connectivity index (χ4v) is 2.70. The summed E-state index contributed by atoms with van der Waals surface area (Å²) in [4.78, 5) is 4.29. The van der Waals surface area contributed by atoms with E-state index in [1.54, 1.807) is 7.05 Å². The lowest BCUT2D eigenvalue weighted by atomic mass is 10.1. The summed E-state index contributed by atoms with van der Waals surface area (Å²) in [5.41, 5.74) is 2.81. The third-order valence-electron chi connectivity index (χ3n) is 4.19. The second-order valence-corrected chi connectivity index (χ2v) is 6.17. The van der Waals surface area contributed by atoms with Crippen molar-refractivity contribution in [2.24, 2.45) is 4.99 Å². The van der Waals surface area contributed by atoms with E-state index in [4.69, 9.17) is 14.7 Å². The van der Waals surface area contributed by atoms with Gasteiger partial charge in [-0.15, -0.1) is 24.0 Å². The van der Waals surface area contributed by atoms with E-state index in [1.165, 1.54) is 0 Å². The van der Waals surface area contributed by atoms with Gasteiger partial charge in [-0.25, -0.2) is 0 Å². The summed E-state index contributed by atoms with van der Waals surface area (Å²) in [7, 11) is 1.74. The number of halogens is 1. The minimum Gasteiger partial charge on any atom is -0.490 e. The third-order valence-corrected chi connectivity index (χ3v) is 4.19. The second-order valence-electron chi connectivity index (χ2n) is 6.17. The van der Waals surface area contributed by atoms with Crippen LogP contribution in [0.3, 0.4) is 0 Å². The fraction of sp³-hybridized carbons (Fsp3) is 0.364. The lowest BCUT2D eigenvalue weighted by Gasteiger charge is -2.20. The molecule has 2 N–H and O–H groups in total. The molecule has 2 aromatic rings. The van der Waals surface area contributed by atoms with Gasteiger partial charge in [0, 0.05) is 13.6 Å². The molecule has 2 rings (SSSR count). The van der Waals surface area contributed by atoms with E-state index < -0.39 is 0 Å². The maximum absolute atomic E-state index is 8.88. The molecule has 0 heterocycles. The van der Waals surface area contributed by atoms with Crippen LogP contribution in [0.2, 0.25) is 0 Å². The molecule has 7 heteroatoms. The monoisotopic (exact) mass is 508 g/mol. The molecule has 0 radical (unpaired) electrons. The molecule has 156 valence electrons. The maximum atomic E-state index is 8.88. The van der Waals surface area contributed by atoms with Crippen LogP contribution in [0.25, 0.3) is 0 Å². The van der Waals surface area contributed by atoms with E-state index in [-0.39, 0.29) is 30.0 Å². The summed E-state index contributed by atoms with van der Waals surface area (Å²) in [5, 5.41) is 15.6. The van der Waals surface area contributed by atoms with Gasteiger partial charge >= 0.3 is 0 Å². The van der Waals surface area contributed by atoms with Gasteiger partial charge in [-0.3, -0.25) is 4.99 Å². The number of nitrogens with one attached hydrogen (secondary N) is 2. The average molecular weight is 508 g/mol. The first-order chi connectivity index (χ1) is 13.6. The summed E-state index contributed by atoms with van der Waals surface area (Å²) in [6.45, 7) is 7.78. The first-order valence-electron chi connectivity index (χ1n) is 9.47. The molecule has 2 aromatic carbocycles. The van der Waals surface area contributed by atoms with Crippen LogP contribution >= 0.6 is 24.0 Å². The zero-order valence-corrected chi connectivity index (χ0v) is 19.7. The number of benzene rings is 2. The quantitative estimate of drug-likeness (QED) is 0.314. The number of aliphatic imine (C=N–C) groups is 1. The topological polar surface area (TPSA) is 78.7 Å². The Bertz CT molecular complexity index is 832. The van der Waals surface area contributed by atoms with Crippen molar-refractivity contribution in [1.29, 1.82) is 5.26 Å². The first kappa shape index (κ1) is 24.6. The Morgan fingerprint density at radius 2 is 1.72 bits per heavy atom. The van der Waals surface area contributed by atoms with E-state index >= 15 is 0 Å². The molecule has 29 heavy (non-hydrogen) atoms. The van der Waals surface area contributed by atoms with E-state index in [0.29, 0.717) is 31.3 Å². The van der Waals surface area contributed by atoms with Crippen LogP contribution in [-0.4, -0.2) is 26.2 Å². The summed E-state index contributed by atoms with van der Waals surface area (Å²) in [6.07, 6.45) is 0. The highest BCUT2D eigenvalue weighted by Crippen LogP contribution is 2.30. The summed E-state index contributed by atoms with van der Waals surface area (Å²) in [5.74, 6) is 2.20. The van der Waals surface area contributed by atoms with Gasteiger partial charge in [-0.1, -0.05) is 18.2 Å². The molecule has 1 unspecified atom stereocenters. The predicted octanol–water partition coefficient (Wildman–Crippen LogP) is 4.40. The molecule has 0 saturated heterocycles. The van der Waals surface area contributed by atoms with Crippen molar-refractivity contribution >= 4 is 29.9 Å². The van der Waals surface area contributed by atoms with Gasteiger partial charge in [0.05, 0.1) is 30.9 Å². The van der Waals surface area contributed by atoms with Gasteiger partial charge in [-0.2, -0.15) is 5.26 Å². The number of rotatable bonds is 8. The van der Waals surface area contributed by atoms with Gasteiger partial charge in [-0.05, 0) is 56.2 Å². The molecule has 0 aliphatic carbocycles. The van der Waals surface area contributed by atoms with Crippen molar-refractivity contribution in [2.75, 3.05) is 20.3 Å². The van der Waals surface area contributed by atoms with Gasteiger partial charge < -0.3 is 20.1 Å². The summed E-state index contributed by atoms with van der Waals surface area (Å²) in [6, 6.07) is 15.6. The largest absolute Gasteiger partial charge is 0.490 e. The molecule has 1 atom stereocenters. The summed E-state index contributed by atoms with van der Waals surface area (Å²) < 4.78 is 11.3. The zero-order valence-electron chi connectivity index (χ0n) is 17.4. The lowest BCUT2D eigenvalue weighted by Crippen LogP contribution is -2.38. The van der Waals surface area contributed by atoms with Crippen molar-refractivity contribution < 1.29 is 9.47 Å². The molecule has 6 nitrogen and oxygen atoms in total. The molecule has 0 fully saturated rings. The summed E-state index contributed by atoms with van der Waals surface area (Å²) >= 11 is 0. The molecular weight excluding hydrogens is 479 g/mol. The number of guanidine groups is 1. The van der Waals surface area contributed by atoms with Gasteiger partial charge in [0.1, 0.15) is 0 Å². The highest BCUT2D eigenvalue weighted by atomic mass is 127. The van der Waals surface area contributed by atoms with Crippen LogP contribution in [-0.2, 0) is 6.54 Å². The van der Waals surface area contributed by atoms with Crippen LogP contribution in [0.5, 0.6) is 11.5 Å². The molecular formula is C22H29IN4O2. The number of hydrogen-bond donors (Lipinski definition) is 2. The Kier molecular flexibility index (Phi) is 10.9. The van der Waals surface area contributed by atoms with Gasteiger partial charge in [0.15, 0.2) is 17.5 Å². The van der Waals surface area contributed by atoms with E-state index in [9.17, 15) is 0 Å². The maximum Gasteiger partial charge on any atom is 0.191 e. The smallest absolute Gasteiger partial charge is 0.191 e. The Labute approximate surface area is 190 Å². The third kappa shape index (κ3) is 7.46. The van der Waals surface area contributed by atoms with Crippen LogP contribution in [0.15, 0.2) is 47.5 Å². The number of nitrogens with zero attached hydrogens (tertiary/aromatic N) is 2. The first-order valence-corrected chi connectivity index (χ1v) is 9.47. The van der Waals surface area contributed by atoms with Crippen LogP contribution < -0.4 is 20.1 Å². The Hall–Kier alpha value is -2.47. The van der Waals surface area contributed by atoms with E-state index in [1.807, 2.05) is 56.3 Å². The van der Waals surface area contributed by atoms with Crippen molar-refractivity contribution in [3.8, 4) is 17.6 Å². The minimum atomic E-state index is 0. The molecule has 0 aliphatic heterocycles. The molecule has 0 amide bonds. The average Bonchev–Trinajstić information content (AvgIpc) is 2.72. The molecule has 0 saturated carbocycles. The second kappa shape index (κ2) is 12.9. The van der Waals surface area contributed by atoms with Crippen molar-refractivity contribution in [1.82, 2.24) is 10.6 Å². The Morgan fingerprint density at radius 3 is 2.31 bits per heavy atom. The zero-order chi connectivity index (χ0) is 20.4. The number of hydrogen-bond acceptors (Lipinski definition) is 4. The SMILES string of the molecule is CCOc1ccc(C(C)NC(=NC)NCc2ccc(C#N)cc2)cc1OCC.I. The lowest BCUT2D eigenvalue weighted by molar-refractivity contribution is 0.287. The minimum absolute atomic E-state index is 0. The fourth-order valence-electron chi connectivity index (χ4n) is 2.70. The standard InChI is InChI=1S/C22H28N4O2.HI/c1-5-27-20-12-11-19(13-21(20)28-6-2)16(3)26-22(24-4)25-15-18-9-7-17(14-23)8-10-18;/h7-13,16H,5-6,15H2,1-4H3,(H2,24,25,26);1H. The van der Waals surface area contributed by atoms with Gasteiger partial charge in [0.25, 0.3) is 0 Å². The number of ether oxygens (including phenoxy) is 2. The van der Waals surface area contributed by atoms with E-state index in [0.717, 1.165) is 22.6 Å². The Balaban J connectivity index is 0.00000420. The highest BCUT2D eigenvalue weighted by molar-refractivity contribution is 14.0. The van der Waals surface area contributed by atoms with E-state index in [2.05, 4.69) is 28.6 Å². The molecule has 0 spiro atoms. The molecule has 0 bridgehead atoms. The van der Waals surface area contributed by atoms with Crippen molar-refractivity contribution in [2.45, 2.75) is 33.4 Å². The van der Waals surface area contributed by atoms with Gasteiger partial charge in [0.2, 0.25) is 0 Å². The Morgan fingerprint density at radius 1 is 1.07 bits per heavy atom. The van der Waals surface area contributed by atoms with Crippen molar-refractivity contribution in [3.05, 3.63) is 59.2 Å². The van der Waals surface area contributed by atoms with Crippen LogP contribution in [0.1, 0.15) is 43.5 Å². The van der Waals surface area contributed by atoms with Crippen LogP contribution in [0.4, 0.5) is 0 Å². The number of nitriles is 1. The van der Waals surface area contributed by atoms with Crippen LogP contribution in [0, 0.1) is 11.3 Å².